The van der Waals surface area contributed by atoms with Crippen LogP contribution in [0.1, 0.15) is 20.3 Å². The second-order valence-electron chi connectivity index (χ2n) is 3.14. The van der Waals surface area contributed by atoms with Gasteiger partial charge in [-0.1, -0.05) is 0 Å². The lowest BCUT2D eigenvalue weighted by Crippen LogP contribution is -2.07. The van der Waals surface area contributed by atoms with Crippen molar-refractivity contribution in [1.82, 2.24) is 14.8 Å². The van der Waals surface area contributed by atoms with Gasteiger partial charge in [-0.3, -0.25) is 4.68 Å². The lowest BCUT2D eigenvalue weighted by molar-refractivity contribution is 0.0743. The summed E-state index contributed by atoms with van der Waals surface area (Å²) in [5.74, 6) is 0.324. The van der Waals surface area contributed by atoms with Crippen LogP contribution in [0.4, 0.5) is 5.95 Å². The van der Waals surface area contributed by atoms with E-state index >= 15 is 0 Å². The number of hydrogen-bond donors (Lipinski definition) is 1. The van der Waals surface area contributed by atoms with Crippen LogP contribution in [0.25, 0.3) is 0 Å². The van der Waals surface area contributed by atoms with Crippen LogP contribution in [0.5, 0.6) is 0 Å². The van der Waals surface area contributed by atoms with E-state index in [9.17, 15) is 0 Å². The zero-order chi connectivity index (χ0) is 9.68. The van der Waals surface area contributed by atoms with Gasteiger partial charge in [-0.05, 0) is 20.3 Å². The van der Waals surface area contributed by atoms with Crippen molar-refractivity contribution in [1.29, 1.82) is 0 Å². The molecule has 0 aliphatic heterocycles. The Balaban J connectivity index is 2.13. The summed E-state index contributed by atoms with van der Waals surface area (Å²) in [5.41, 5.74) is 5.36. The van der Waals surface area contributed by atoms with Gasteiger partial charge >= 0.3 is 0 Å². The Hall–Kier alpha value is -1.10. The van der Waals surface area contributed by atoms with Crippen LogP contribution >= 0.6 is 0 Å². The molecular weight excluding hydrogens is 168 g/mol. The van der Waals surface area contributed by atoms with E-state index in [-0.39, 0.29) is 0 Å². The lowest BCUT2D eigenvalue weighted by atomic mass is 10.4. The molecule has 1 rings (SSSR count). The number of anilines is 1. The van der Waals surface area contributed by atoms with E-state index < -0.39 is 0 Å². The van der Waals surface area contributed by atoms with Crippen molar-refractivity contribution < 1.29 is 4.74 Å². The van der Waals surface area contributed by atoms with Gasteiger partial charge in [-0.25, -0.2) is 4.98 Å². The van der Waals surface area contributed by atoms with Crippen molar-refractivity contribution in [2.45, 2.75) is 32.9 Å². The molecule has 2 N–H and O–H groups in total. The number of rotatable bonds is 5. The number of nitrogen functional groups attached to an aromatic ring is 1. The molecule has 0 amide bonds. The Morgan fingerprint density at radius 2 is 2.38 bits per heavy atom. The van der Waals surface area contributed by atoms with E-state index in [0.29, 0.717) is 12.1 Å². The van der Waals surface area contributed by atoms with Crippen LogP contribution in [-0.4, -0.2) is 27.5 Å². The maximum absolute atomic E-state index is 5.38. The normalized spacial score (nSPS) is 11.0. The van der Waals surface area contributed by atoms with Crippen molar-refractivity contribution in [3.63, 3.8) is 0 Å². The molecule has 0 fully saturated rings. The minimum Gasteiger partial charge on any atom is -0.379 e. The van der Waals surface area contributed by atoms with Crippen LogP contribution in [0.15, 0.2) is 6.33 Å². The van der Waals surface area contributed by atoms with Crippen molar-refractivity contribution in [3.05, 3.63) is 6.33 Å². The molecule has 0 bridgehead atoms. The molecule has 74 valence electrons. The van der Waals surface area contributed by atoms with E-state index in [1.54, 1.807) is 11.0 Å². The van der Waals surface area contributed by atoms with Gasteiger partial charge in [0.1, 0.15) is 6.33 Å². The van der Waals surface area contributed by atoms with Crippen molar-refractivity contribution in [2.75, 3.05) is 12.3 Å². The standard InChI is InChI=1S/C8H16N4O/c1-7(2)13-5-3-4-12-6-10-8(9)11-12/h6-7H,3-5H2,1-2H3,(H2,9,11). The molecule has 0 unspecified atom stereocenters. The smallest absolute Gasteiger partial charge is 0.239 e. The summed E-state index contributed by atoms with van der Waals surface area (Å²) in [6.07, 6.45) is 2.85. The highest BCUT2D eigenvalue weighted by Crippen LogP contribution is 1.95. The number of nitrogens with two attached hydrogens (primary N) is 1. The second kappa shape index (κ2) is 4.81. The molecule has 1 aromatic heterocycles. The lowest BCUT2D eigenvalue weighted by Gasteiger charge is -2.06. The summed E-state index contributed by atoms with van der Waals surface area (Å²) in [5, 5.41) is 3.96. The fraction of sp³-hybridized carbons (Fsp3) is 0.750. The second-order valence-corrected chi connectivity index (χ2v) is 3.14. The summed E-state index contributed by atoms with van der Waals surface area (Å²) in [6.45, 7) is 5.59. The minimum atomic E-state index is 0.292. The molecule has 0 radical (unpaired) electrons. The first-order valence-electron chi connectivity index (χ1n) is 4.45. The summed E-state index contributed by atoms with van der Waals surface area (Å²) in [6, 6.07) is 0. The number of ether oxygens (including phenoxy) is 1. The molecule has 0 saturated heterocycles. The number of aryl methyl sites for hydroxylation is 1. The average molecular weight is 184 g/mol. The van der Waals surface area contributed by atoms with Crippen molar-refractivity contribution >= 4 is 5.95 Å². The molecule has 5 nitrogen and oxygen atoms in total. The predicted octanol–water partition coefficient (Wildman–Crippen LogP) is 0.675. The van der Waals surface area contributed by atoms with Gasteiger partial charge in [0.15, 0.2) is 0 Å². The van der Waals surface area contributed by atoms with Gasteiger partial charge in [0.05, 0.1) is 6.10 Å². The summed E-state index contributed by atoms with van der Waals surface area (Å²) >= 11 is 0. The Bertz CT molecular complexity index is 246. The SMILES string of the molecule is CC(C)OCCCn1cnc(N)n1. The van der Waals surface area contributed by atoms with Crippen LogP contribution in [0, 0.1) is 0 Å². The van der Waals surface area contributed by atoms with Crippen molar-refractivity contribution in [2.24, 2.45) is 0 Å². The number of nitrogens with zero attached hydrogens (tertiary/aromatic N) is 3. The molecule has 5 heteroatoms. The first-order valence-corrected chi connectivity index (χ1v) is 4.45. The van der Waals surface area contributed by atoms with Crippen molar-refractivity contribution in [3.8, 4) is 0 Å². The summed E-state index contributed by atoms with van der Waals surface area (Å²) < 4.78 is 7.10. The van der Waals surface area contributed by atoms with Gasteiger partial charge in [0.25, 0.3) is 0 Å². The Labute approximate surface area is 77.9 Å². The summed E-state index contributed by atoms with van der Waals surface area (Å²) in [7, 11) is 0. The van der Waals surface area contributed by atoms with Crippen LogP contribution in [0.2, 0.25) is 0 Å². The molecule has 0 spiro atoms. The quantitative estimate of drug-likeness (QED) is 0.683. The van der Waals surface area contributed by atoms with Crippen LogP contribution in [-0.2, 0) is 11.3 Å². The highest BCUT2D eigenvalue weighted by atomic mass is 16.5. The third-order valence-electron chi connectivity index (χ3n) is 1.54. The highest BCUT2D eigenvalue weighted by Gasteiger charge is 1.96. The van der Waals surface area contributed by atoms with E-state index in [2.05, 4.69) is 10.1 Å². The zero-order valence-electron chi connectivity index (χ0n) is 8.10. The van der Waals surface area contributed by atoms with Crippen LogP contribution < -0.4 is 5.73 Å². The molecule has 0 atom stereocenters. The first kappa shape index (κ1) is 9.98. The third kappa shape index (κ3) is 3.89. The Kier molecular flexibility index (Phi) is 3.70. The highest BCUT2D eigenvalue weighted by molar-refractivity contribution is 5.08. The van der Waals surface area contributed by atoms with E-state index in [1.165, 1.54) is 0 Å². The molecule has 1 heterocycles. The molecule has 0 aliphatic rings. The van der Waals surface area contributed by atoms with Gasteiger partial charge in [-0.15, -0.1) is 5.10 Å². The fourth-order valence-corrected chi connectivity index (χ4v) is 0.962. The molecule has 13 heavy (non-hydrogen) atoms. The van der Waals surface area contributed by atoms with E-state index in [0.717, 1.165) is 19.6 Å². The minimum absolute atomic E-state index is 0.292. The number of hydrogen-bond acceptors (Lipinski definition) is 4. The molecule has 0 saturated carbocycles. The Morgan fingerprint density at radius 1 is 1.62 bits per heavy atom. The largest absolute Gasteiger partial charge is 0.379 e. The first-order chi connectivity index (χ1) is 6.18. The zero-order valence-corrected chi connectivity index (χ0v) is 8.10. The van der Waals surface area contributed by atoms with Gasteiger partial charge in [-0.2, -0.15) is 0 Å². The predicted molar refractivity (Wildman–Crippen MR) is 50.1 cm³/mol. The average Bonchev–Trinajstić information content (AvgIpc) is 2.45. The maximum atomic E-state index is 5.38. The van der Waals surface area contributed by atoms with Crippen LogP contribution in [0.3, 0.4) is 0 Å². The Morgan fingerprint density at radius 3 is 2.92 bits per heavy atom. The number of aromatic nitrogens is 3. The molecule has 1 aromatic rings. The fourth-order valence-electron chi connectivity index (χ4n) is 0.962. The molecular formula is C8H16N4O. The monoisotopic (exact) mass is 184 g/mol. The van der Waals surface area contributed by atoms with Gasteiger partial charge in [0.2, 0.25) is 5.95 Å². The maximum Gasteiger partial charge on any atom is 0.239 e. The summed E-state index contributed by atoms with van der Waals surface area (Å²) in [4.78, 5) is 3.82. The van der Waals surface area contributed by atoms with Gasteiger partial charge < -0.3 is 10.5 Å². The van der Waals surface area contributed by atoms with Gasteiger partial charge in [0, 0.05) is 13.2 Å². The third-order valence-corrected chi connectivity index (χ3v) is 1.54. The molecule has 0 aromatic carbocycles. The molecule has 0 aliphatic carbocycles. The van der Waals surface area contributed by atoms with E-state index in [4.69, 9.17) is 10.5 Å². The van der Waals surface area contributed by atoms with E-state index in [1.807, 2.05) is 13.8 Å². The topological polar surface area (TPSA) is 66.0 Å².